The van der Waals surface area contributed by atoms with E-state index in [4.69, 9.17) is 4.74 Å². The second kappa shape index (κ2) is 6.03. The van der Waals surface area contributed by atoms with Crippen LogP contribution in [0.25, 0.3) is 0 Å². The Labute approximate surface area is 132 Å². The van der Waals surface area contributed by atoms with E-state index in [0.29, 0.717) is 26.1 Å². The van der Waals surface area contributed by atoms with E-state index in [9.17, 15) is 4.79 Å². The Morgan fingerprint density at radius 2 is 2.30 bits per heavy atom. The smallest absolute Gasteiger partial charge is 0.222 e. The molecule has 2 aliphatic rings. The second-order valence-corrected chi connectivity index (χ2v) is 5.89. The largest absolute Gasteiger partial charge is 0.368 e. The van der Waals surface area contributed by atoms with Crippen LogP contribution in [0.15, 0.2) is 12.5 Å². The molecule has 4 heterocycles. The first kappa shape index (κ1) is 14.2. The molecule has 0 spiro atoms. The molecule has 0 bridgehead atoms. The number of nitrogens with zero attached hydrogens (tertiary/aromatic N) is 8. The summed E-state index contributed by atoms with van der Waals surface area (Å²) in [5.41, 5.74) is 1.01. The summed E-state index contributed by atoms with van der Waals surface area (Å²) in [6.45, 7) is 2.51. The topological polar surface area (TPSA) is 104 Å². The SMILES string of the molecule is O=C(CCCn1cnnn1)N1CC[C@H]2[C@H](C1)OCc1cnnn12. The van der Waals surface area contributed by atoms with E-state index in [-0.39, 0.29) is 18.1 Å². The summed E-state index contributed by atoms with van der Waals surface area (Å²) in [6.07, 6.45) is 5.36. The zero-order valence-electron chi connectivity index (χ0n) is 12.7. The lowest BCUT2D eigenvalue weighted by Crippen LogP contribution is -2.50. The fraction of sp³-hybridized carbons (Fsp3) is 0.692. The highest BCUT2D eigenvalue weighted by molar-refractivity contribution is 5.76. The maximum Gasteiger partial charge on any atom is 0.222 e. The lowest BCUT2D eigenvalue weighted by atomic mass is 9.99. The Hall–Kier alpha value is -2.36. The Bertz CT molecular complexity index is 669. The number of aromatic nitrogens is 7. The van der Waals surface area contributed by atoms with Crippen LogP contribution >= 0.6 is 0 Å². The van der Waals surface area contributed by atoms with Crippen molar-refractivity contribution in [2.24, 2.45) is 0 Å². The van der Waals surface area contributed by atoms with E-state index in [1.165, 1.54) is 0 Å². The van der Waals surface area contributed by atoms with Gasteiger partial charge in [-0.3, -0.25) is 4.79 Å². The molecule has 1 amide bonds. The van der Waals surface area contributed by atoms with E-state index in [2.05, 4.69) is 25.8 Å². The van der Waals surface area contributed by atoms with E-state index in [0.717, 1.165) is 25.1 Å². The van der Waals surface area contributed by atoms with Gasteiger partial charge in [-0.05, 0) is 23.3 Å². The molecule has 2 aliphatic heterocycles. The van der Waals surface area contributed by atoms with Gasteiger partial charge in [-0.1, -0.05) is 5.21 Å². The zero-order valence-corrected chi connectivity index (χ0v) is 12.7. The molecule has 1 saturated heterocycles. The minimum absolute atomic E-state index is 0.00131. The lowest BCUT2D eigenvalue weighted by Gasteiger charge is -2.41. The summed E-state index contributed by atoms with van der Waals surface area (Å²) in [5.74, 6) is 0.157. The molecular formula is C13H18N8O2. The summed E-state index contributed by atoms with van der Waals surface area (Å²) in [6, 6.07) is 0.187. The predicted octanol–water partition coefficient (Wildman–Crippen LogP) is -0.583. The molecule has 23 heavy (non-hydrogen) atoms. The van der Waals surface area contributed by atoms with Crippen molar-refractivity contribution in [1.29, 1.82) is 0 Å². The number of likely N-dealkylation sites (tertiary alicyclic amines) is 1. The van der Waals surface area contributed by atoms with Gasteiger partial charge in [0.1, 0.15) is 6.33 Å². The number of carbonyl (C=O) groups is 1. The van der Waals surface area contributed by atoms with Crippen molar-refractivity contribution in [3.05, 3.63) is 18.2 Å². The third kappa shape index (κ3) is 2.81. The van der Waals surface area contributed by atoms with Crippen LogP contribution in [0.5, 0.6) is 0 Å². The molecule has 0 unspecified atom stereocenters. The number of hydrogen-bond acceptors (Lipinski definition) is 7. The van der Waals surface area contributed by atoms with Crippen molar-refractivity contribution in [2.45, 2.75) is 44.6 Å². The number of tetrazole rings is 1. The number of ether oxygens (including phenoxy) is 1. The third-order valence-corrected chi connectivity index (χ3v) is 4.45. The number of rotatable bonds is 4. The Balaban J connectivity index is 1.31. The van der Waals surface area contributed by atoms with Gasteiger partial charge in [0.05, 0.1) is 30.6 Å². The molecule has 122 valence electrons. The molecule has 4 rings (SSSR count). The Morgan fingerprint density at radius 3 is 3.17 bits per heavy atom. The number of fused-ring (bicyclic) bond motifs is 3. The van der Waals surface area contributed by atoms with Crippen LogP contribution in [0.1, 0.15) is 31.0 Å². The van der Waals surface area contributed by atoms with Crippen molar-refractivity contribution in [1.82, 2.24) is 40.1 Å². The van der Waals surface area contributed by atoms with Gasteiger partial charge in [0.15, 0.2) is 0 Å². The Morgan fingerprint density at radius 1 is 1.35 bits per heavy atom. The molecule has 2 aromatic heterocycles. The van der Waals surface area contributed by atoms with Crippen LogP contribution in [-0.4, -0.2) is 65.2 Å². The molecule has 10 nitrogen and oxygen atoms in total. The molecule has 2 atom stereocenters. The summed E-state index contributed by atoms with van der Waals surface area (Å²) < 4.78 is 9.47. The summed E-state index contributed by atoms with van der Waals surface area (Å²) in [7, 11) is 0. The monoisotopic (exact) mass is 318 g/mol. The standard InChI is InChI=1S/C13H18N8O2/c22-13(2-1-4-20-9-15-16-18-20)19-5-3-11-12(7-19)23-8-10-6-14-17-21(10)11/h6,9,11-12H,1-5,7-8H2/t11-,12-/m0/s1. The summed E-state index contributed by atoms with van der Waals surface area (Å²) in [5, 5.41) is 19.0. The van der Waals surface area contributed by atoms with E-state index < -0.39 is 0 Å². The highest BCUT2D eigenvalue weighted by Gasteiger charge is 2.37. The van der Waals surface area contributed by atoms with Crippen molar-refractivity contribution >= 4 is 5.91 Å². The van der Waals surface area contributed by atoms with Crippen LogP contribution < -0.4 is 0 Å². The molecule has 0 aliphatic carbocycles. The Kier molecular flexibility index (Phi) is 3.74. The number of carbonyl (C=O) groups excluding carboxylic acids is 1. The number of hydrogen-bond donors (Lipinski definition) is 0. The number of piperidine rings is 1. The minimum atomic E-state index is 0.00131. The van der Waals surface area contributed by atoms with Gasteiger partial charge in [-0.2, -0.15) is 0 Å². The molecule has 0 N–H and O–H groups in total. The number of aryl methyl sites for hydroxylation is 1. The highest BCUT2D eigenvalue weighted by atomic mass is 16.5. The summed E-state index contributed by atoms with van der Waals surface area (Å²) in [4.78, 5) is 14.3. The third-order valence-electron chi connectivity index (χ3n) is 4.45. The molecule has 0 radical (unpaired) electrons. The minimum Gasteiger partial charge on any atom is -0.368 e. The second-order valence-electron chi connectivity index (χ2n) is 5.89. The van der Waals surface area contributed by atoms with E-state index in [1.807, 2.05) is 9.58 Å². The van der Waals surface area contributed by atoms with Crippen LogP contribution in [-0.2, 0) is 22.7 Å². The van der Waals surface area contributed by atoms with Crippen molar-refractivity contribution in [3.63, 3.8) is 0 Å². The van der Waals surface area contributed by atoms with Crippen molar-refractivity contribution in [2.75, 3.05) is 13.1 Å². The molecule has 0 saturated carbocycles. The fourth-order valence-electron chi connectivity index (χ4n) is 3.25. The number of amides is 1. The van der Waals surface area contributed by atoms with Crippen LogP contribution in [0.3, 0.4) is 0 Å². The first-order chi connectivity index (χ1) is 11.3. The summed E-state index contributed by atoms with van der Waals surface area (Å²) >= 11 is 0. The average Bonchev–Trinajstić information content (AvgIpc) is 3.25. The zero-order chi connectivity index (χ0) is 15.6. The quantitative estimate of drug-likeness (QED) is 0.742. The lowest BCUT2D eigenvalue weighted by molar-refractivity contribution is -0.139. The van der Waals surface area contributed by atoms with Crippen LogP contribution in [0.2, 0.25) is 0 Å². The first-order valence-electron chi connectivity index (χ1n) is 7.80. The van der Waals surface area contributed by atoms with Gasteiger partial charge in [-0.25, -0.2) is 9.36 Å². The van der Waals surface area contributed by atoms with Gasteiger partial charge < -0.3 is 9.64 Å². The van der Waals surface area contributed by atoms with Gasteiger partial charge >= 0.3 is 0 Å². The first-order valence-corrected chi connectivity index (χ1v) is 7.80. The highest BCUT2D eigenvalue weighted by Crippen LogP contribution is 2.30. The van der Waals surface area contributed by atoms with Crippen molar-refractivity contribution in [3.8, 4) is 0 Å². The van der Waals surface area contributed by atoms with Gasteiger partial charge in [0.25, 0.3) is 0 Å². The molecule has 2 aromatic rings. The predicted molar refractivity (Wildman–Crippen MR) is 75.9 cm³/mol. The van der Waals surface area contributed by atoms with Gasteiger partial charge in [0, 0.05) is 26.1 Å². The molecular weight excluding hydrogens is 300 g/mol. The van der Waals surface area contributed by atoms with Gasteiger partial charge in [0.2, 0.25) is 5.91 Å². The maximum atomic E-state index is 12.4. The van der Waals surface area contributed by atoms with Crippen LogP contribution in [0, 0.1) is 0 Å². The van der Waals surface area contributed by atoms with Gasteiger partial charge in [-0.15, -0.1) is 10.2 Å². The van der Waals surface area contributed by atoms with E-state index >= 15 is 0 Å². The van der Waals surface area contributed by atoms with Crippen molar-refractivity contribution < 1.29 is 9.53 Å². The molecule has 0 aromatic carbocycles. The average molecular weight is 318 g/mol. The van der Waals surface area contributed by atoms with E-state index in [1.54, 1.807) is 17.2 Å². The van der Waals surface area contributed by atoms with Crippen LogP contribution in [0.4, 0.5) is 0 Å². The fourth-order valence-corrected chi connectivity index (χ4v) is 3.25. The molecule has 10 heteroatoms. The normalized spacial score (nSPS) is 23.4. The maximum absolute atomic E-state index is 12.4. The molecule has 1 fully saturated rings.